The highest BCUT2D eigenvalue weighted by atomic mass is 32.2. The number of thioether (sulfide) groups is 1. The lowest BCUT2D eigenvalue weighted by Gasteiger charge is -2.11. The summed E-state index contributed by atoms with van der Waals surface area (Å²) >= 11 is 1.49. The molecular formula is C24H19N3O4S. The van der Waals surface area contributed by atoms with Gasteiger partial charge >= 0.3 is 5.63 Å². The molecule has 2 aromatic carbocycles. The second-order valence-corrected chi connectivity index (χ2v) is 8.27. The molecule has 0 unspecified atom stereocenters. The van der Waals surface area contributed by atoms with E-state index in [9.17, 15) is 9.90 Å². The molecule has 0 atom stereocenters. The third kappa shape index (κ3) is 3.92. The smallest absolute Gasteiger partial charge is 0.336 e. The van der Waals surface area contributed by atoms with E-state index >= 15 is 0 Å². The maximum Gasteiger partial charge on any atom is 0.336 e. The molecule has 0 spiro atoms. The molecule has 1 N–H and O–H groups in total. The number of hydrogen-bond acceptors (Lipinski definition) is 7. The third-order valence-electron chi connectivity index (χ3n) is 5.17. The number of aromatic nitrogens is 3. The van der Waals surface area contributed by atoms with Crippen LogP contribution in [0.4, 0.5) is 0 Å². The lowest BCUT2D eigenvalue weighted by molar-refractivity contribution is 0.473. The predicted octanol–water partition coefficient (Wildman–Crippen LogP) is 5.00. The second kappa shape index (κ2) is 8.39. The Hall–Kier alpha value is -3.78. The van der Waals surface area contributed by atoms with Crippen LogP contribution in [0.15, 0.2) is 85.7 Å². The van der Waals surface area contributed by atoms with E-state index in [-0.39, 0.29) is 5.75 Å². The van der Waals surface area contributed by atoms with Gasteiger partial charge in [-0.2, -0.15) is 0 Å². The second-order valence-electron chi connectivity index (χ2n) is 7.33. The van der Waals surface area contributed by atoms with Crippen LogP contribution in [0.25, 0.3) is 22.4 Å². The first-order chi connectivity index (χ1) is 15.6. The zero-order valence-electron chi connectivity index (χ0n) is 17.2. The number of phenols is 1. The van der Waals surface area contributed by atoms with Crippen molar-refractivity contribution in [1.82, 2.24) is 14.8 Å². The number of fused-ring (bicyclic) bond motifs is 1. The molecule has 32 heavy (non-hydrogen) atoms. The van der Waals surface area contributed by atoms with Gasteiger partial charge in [0.15, 0.2) is 11.0 Å². The number of aromatic hydroxyl groups is 1. The quantitative estimate of drug-likeness (QED) is 0.290. The first-order valence-corrected chi connectivity index (χ1v) is 11.0. The Labute approximate surface area is 187 Å². The molecule has 3 heterocycles. The van der Waals surface area contributed by atoms with Crippen LogP contribution >= 0.6 is 11.8 Å². The van der Waals surface area contributed by atoms with Crippen LogP contribution in [0.2, 0.25) is 0 Å². The molecule has 5 rings (SSSR count). The lowest BCUT2D eigenvalue weighted by Crippen LogP contribution is -2.05. The summed E-state index contributed by atoms with van der Waals surface area (Å²) < 4.78 is 12.8. The first-order valence-electron chi connectivity index (χ1n) is 9.98. The lowest BCUT2D eigenvalue weighted by atomic mass is 10.1. The molecule has 3 aromatic heterocycles. The van der Waals surface area contributed by atoms with Gasteiger partial charge in [0.25, 0.3) is 0 Å². The van der Waals surface area contributed by atoms with E-state index in [2.05, 4.69) is 26.9 Å². The molecule has 0 bridgehead atoms. The molecule has 5 aromatic rings. The molecular weight excluding hydrogens is 426 g/mol. The Balaban J connectivity index is 1.52. The van der Waals surface area contributed by atoms with Crippen LogP contribution in [0.3, 0.4) is 0 Å². The number of nitrogens with zero attached hydrogens (tertiary/aromatic N) is 3. The Morgan fingerprint density at radius 3 is 2.69 bits per heavy atom. The van der Waals surface area contributed by atoms with Gasteiger partial charge in [0.1, 0.15) is 17.1 Å². The van der Waals surface area contributed by atoms with Gasteiger partial charge in [-0.05, 0) is 36.2 Å². The van der Waals surface area contributed by atoms with E-state index in [4.69, 9.17) is 8.83 Å². The highest BCUT2D eigenvalue weighted by molar-refractivity contribution is 7.98. The van der Waals surface area contributed by atoms with E-state index < -0.39 is 5.63 Å². The average Bonchev–Trinajstić information content (AvgIpc) is 3.37. The van der Waals surface area contributed by atoms with Gasteiger partial charge in [-0.1, -0.05) is 42.1 Å². The largest absolute Gasteiger partial charge is 0.508 e. The van der Waals surface area contributed by atoms with E-state index in [0.29, 0.717) is 17.9 Å². The minimum Gasteiger partial charge on any atom is -0.508 e. The van der Waals surface area contributed by atoms with Crippen LogP contribution in [0.5, 0.6) is 5.75 Å². The van der Waals surface area contributed by atoms with Gasteiger partial charge in [0.2, 0.25) is 0 Å². The van der Waals surface area contributed by atoms with Crippen LogP contribution in [0, 0.1) is 6.92 Å². The molecule has 0 fully saturated rings. The van der Waals surface area contributed by atoms with Gasteiger partial charge in [0, 0.05) is 23.3 Å². The van der Waals surface area contributed by atoms with E-state index in [1.807, 2.05) is 31.2 Å². The Morgan fingerprint density at radius 2 is 1.91 bits per heavy atom. The van der Waals surface area contributed by atoms with Crippen LogP contribution in [0.1, 0.15) is 16.9 Å². The summed E-state index contributed by atoms with van der Waals surface area (Å²) in [4.78, 5) is 12.0. The first kappa shape index (κ1) is 20.1. The molecule has 0 saturated carbocycles. The summed E-state index contributed by atoms with van der Waals surface area (Å²) in [7, 11) is 0. The van der Waals surface area contributed by atoms with Crippen molar-refractivity contribution in [2.75, 3.05) is 0 Å². The molecule has 0 aliphatic rings. The summed E-state index contributed by atoms with van der Waals surface area (Å²) in [6.07, 6.45) is 1.64. The van der Waals surface area contributed by atoms with Crippen molar-refractivity contribution in [1.29, 1.82) is 0 Å². The standard InChI is InChI=1S/C24H19N3O4S/c1-15-19(9-10-30-15)23-25-26-24(27(23)13-16-5-3-2-4-6-16)32-14-17-11-22(29)31-21-12-18(28)7-8-20(17)21/h2-12,28H,13-14H2,1H3. The fraction of sp³-hybridized carbons (Fsp3) is 0.125. The Morgan fingerprint density at radius 1 is 1.06 bits per heavy atom. The maximum absolute atomic E-state index is 12.0. The fourth-order valence-electron chi connectivity index (χ4n) is 3.60. The fourth-order valence-corrected chi connectivity index (χ4v) is 4.53. The number of benzene rings is 2. The molecule has 0 aliphatic heterocycles. The van der Waals surface area contributed by atoms with Crippen molar-refractivity contribution in [3.63, 3.8) is 0 Å². The summed E-state index contributed by atoms with van der Waals surface area (Å²) in [6, 6.07) is 18.2. The van der Waals surface area contributed by atoms with Gasteiger partial charge in [-0.3, -0.25) is 4.57 Å². The van der Waals surface area contributed by atoms with Gasteiger partial charge in [-0.25, -0.2) is 4.79 Å². The zero-order chi connectivity index (χ0) is 22.1. The monoisotopic (exact) mass is 445 g/mol. The SMILES string of the molecule is Cc1occc1-c1nnc(SCc2cc(=O)oc3cc(O)ccc23)n1Cc1ccccc1. The van der Waals surface area contributed by atoms with Gasteiger partial charge < -0.3 is 13.9 Å². The van der Waals surface area contributed by atoms with Gasteiger partial charge in [0.05, 0.1) is 18.4 Å². The summed E-state index contributed by atoms with van der Waals surface area (Å²) in [6.45, 7) is 2.50. The van der Waals surface area contributed by atoms with E-state index in [1.54, 1.807) is 18.4 Å². The number of furan rings is 1. The Bertz CT molecular complexity index is 1450. The molecule has 7 nitrogen and oxygen atoms in total. The number of rotatable bonds is 6. The molecule has 0 saturated heterocycles. The van der Waals surface area contributed by atoms with Crippen molar-refractivity contribution >= 4 is 22.7 Å². The summed E-state index contributed by atoms with van der Waals surface area (Å²) in [5.74, 6) is 2.04. The molecule has 160 valence electrons. The number of phenolic OH excluding ortho intramolecular Hbond substituents is 1. The van der Waals surface area contributed by atoms with E-state index in [1.165, 1.54) is 23.9 Å². The normalized spacial score (nSPS) is 11.3. The van der Waals surface area contributed by atoms with Crippen molar-refractivity contribution in [2.45, 2.75) is 24.4 Å². The van der Waals surface area contributed by atoms with Crippen LogP contribution in [-0.4, -0.2) is 19.9 Å². The molecule has 0 aliphatic carbocycles. The summed E-state index contributed by atoms with van der Waals surface area (Å²) in [5.41, 5.74) is 2.71. The highest BCUT2D eigenvalue weighted by Crippen LogP contribution is 2.31. The number of hydrogen-bond donors (Lipinski definition) is 1. The molecule has 8 heteroatoms. The van der Waals surface area contributed by atoms with Crippen molar-refractivity contribution < 1.29 is 13.9 Å². The van der Waals surface area contributed by atoms with Crippen molar-refractivity contribution in [2.24, 2.45) is 0 Å². The van der Waals surface area contributed by atoms with Crippen LogP contribution in [-0.2, 0) is 12.3 Å². The topological polar surface area (TPSA) is 94.3 Å². The minimum absolute atomic E-state index is 0.0492. The zero-order valence-corrected chi connectivity index (χ0v) is 18.0. The van der Waals surface area contributed by atoms with E-state index in [0.717, 1.165) is 38.8 Å². The average molecular weight is 446 g/mol. The van der Waals surface area contributed by atoms with Crippen molar-refractivity contribution in [3.8, 4) is 17.1 Å². The number of aryl methyl sites for hydroxylation is 1. The summed E-state index contributed by atoms with van der Waals surface area (Å²) in [5, 5.41) is 20.1. The maximum atomic E-state index is 12.0. The van der Waals surface area contributed by atoms with Crippen molar-refractivity contribution in [3.05, 3.63) is 94.2 Å². The molecule has 0 radical (unpaired) electrons. The minimum atomic E-state index is -0.459. The van der Waals surface area contributed by atoms with Crippen LogP contribution < -0.4 is 5.63 Å². The Kier molecular flexibility index (Phi) is 5.28. The third-order valence-corrected chi connectivity index (χ3v) is 6.19. The van der Waals surface area contributed by atoms with Gasteiger partial charge in [-0.15, -0.1) is 10.2 Å². The molecule has 0 amide bonds. The predicted molar refractivity (Wildman–Crippen MR) is 122 cm³/mol. The highest BCUT2D eigenvalue weighted by Gasteiger charge is 2.18.